The molecule has 1 aliphatic carbocycles. The third-order valence-electron chi connectivity index (χ3n) is 4.37. The molecule has 0 bridgehead atoms. The molecule has 0 radical (unpaired) electrons. The van der Waals surface area contributed by atoms with E-state index in [1.807, 2.05) is 0 Å². The minimum absolute atomic E-state index is 4.30. The summed E-state index contributed by atoms with van der Waals surface area (Å²) in [6.07, 6.45) is -8.61. The third-order valence-corrected chi connectivity index (χ3v) is 10.6. The highest BCUT2D eigenvalue weighted by atomic mass is 31.2. The lowest BCUT2D eigenvalue weighted by molar-refractivity contribution is -0.298. The van der Waals surface area contributed by atoms with Gasteiger partial charge in [0.1, 0.15) is 12.2 Å². The predicted molar refractivity (Wildman–Crippen MR) is 80.0 cm³/mol. The normalized spacial score (nSPS) is 43.8. The van der Waals surface area contributed by atoms with Crippen LogP contribution in [0.5, 0.6) is 0 Å². The van der Waals surface area contributed by atoms with Crippen molar-refractivity contribution in [1.82, 2.24) is 0 Å². The van der Waals surface area contributed by atoms with Gasteiger partial charge in [0.15, 0.2) is 0 Å². The van der Waals surface area contributed by atoms with Crippen LogP contribution in [0.3, 0.4) is 0 Å². The molecular formula is C6H16O18P4. The van der Waals surface area contributed by atoms with E-state index in [1.54, 1.807) is 0 Å². The molecule has 0 aromatic rings. The van der Waals surface area contributed by atoms with Crippen molar-refractivity contribution in [3.63, 3.8) is 0 Å². The Labute approximate surface area is 153 Å². The summed E-state index contributed by atoms with van der Waals surface area (Å²) in [5.74, 6) is 0. The van der Waals surface area contributed by atoms with Gasteiger partial charge in [0, 0.05) is 0 Å². The Hall–Kier alpha value is 0.360. The van der Waals surface area contributed by atoms with Crippen LogP contribution in [0.1, 0.15) is 0 Å². The van der Waals surface area contributed by atoms with Crippen molar-refractivity contribution in [3.05, 3.63) is 0 Å². The van der Waals surface area contributed by atoms with Gasteiger partial charge in [0.05, 0.1) is 0 Å². The first kappa shape index (κ1) is 26.4. The number of hydrogen-bond donors (Lipinski definition) is 14. The second-order valence-corrected chi connectivity index (χ2v) is 13.0. The van der Waals surface area contributed by atoms with E-state index < -0.39 is 64.0 Å². The Bertz CT molecular complexity index is 800. The molecule has 14 N–H and O–H groups in total. The van der Waals surface area contributed by atoms with Gasteiger partial charge in [-0.3, -0.25) is 18.3 Å². The van der Waals surface area contributed by atoms with Crippen LogP contribution in [-0.4, -0.2) is 103 Å². The highest BCUT2D eigenvalue weighted by Crippen LogP contribution is 2.81. The zero-order valence-electron chi connectivity index (χ0n) is 12.8. The van der Waals surface area contributed by atoms with E-state index in [1.165, 1.54) is 0 Å². The second-order valence-electron chi connectivity index (χ2n) is 5.89. The van der Waals surface area contributed by atoms with Crippen LogP contribution in [0.2, 0.25) is 0 Å². The molecular weight excluding hydrogens is 484 g/mol. The van der Waals surface area contributed by atoms with Crippen molar-refractivity contribution in [2.45, 2.75) is 33.6 Å². The summed E-state index contributed by atoms with van der Waals surface area (Å²) in [7, 11) is -27.8. The number of aliphatic hydroxyl groups is 6. The van der Waals surface area contributed by atoms with Gasteiger partial charge in [-0.25, -0.2) is 0 Å². The Balaban J connectivity index is 4.45. The van der Waals surface area contributed by atoms with Crippen LogP contribution in [0, 0.1) is 0 Å². The summed E-state index contributed by atoms with van der Waals surface area (Å²) in [6.45, 7) is 0. The molecule has 18 nitrogen and oxygen atoms in total. The molecule has 1 saturated carbocycles. The molecule has 0 saturated heterocycles. The van der Waals surface area contributed by atoms with Crippen molar-refractivity contribution in [1.29, 1.82) is 0 Å². The lowest BCUT2D eigenvalue weighted by Crippen LogP contribution is -2.85. The van der Waals surface area contributed by atoms with E-state index in [0.717, 1.165) is 0 Å². The van der Waals surface area contributed by atoms with Crippen LogP contribution < -0.4 is 0 Å². The van der Waals surface area contributed by atoms with Gasteiger partial charge in [-0.1, -0.05) is 0 Å². The first-order chi connectivity index (χ1) is 11.8. The topological polar surface area (TPSA) is 352 Å². The van der Waals surface area contributed by atoms with E-state index in [2.05, 4.69) is 0 Å². The maximum atomic E-state index is 11.7. The molecule has 0 spiro atoms. The summed E-state index contributed by atoms with van der Waals surface area (Å²) in [4.78, 5) is 73.8. The third kappa shape index (κ3) is 2.76. The lowest BCUT2D eigenvalue weighted by atomic mass is 9.82. The molecule has 1 rings (SSSR count). The zero-order valence-corrected chi connectivity index (χ0v) is 16.4. The fourth-order valence-electron chi connectivity index (χ4n) is 2.87. The van der Waals surface area contributed by atoms with E-state index >= 15 is 0 Å². The maximum Gasteiger partial charge on any atom is 0.364 e. The molecule has 1 fully saturated rings. The van der Waals surface area contributed by atoms with Gasteiger partial charge in [-0.15, -0.1) is 0 Å². The van der Waals surface area contributed by atoms with Gasteiger partial charge in [-0.2, -0.15) is 0 Å². The average Bonchev–Trinajstić information content (AvgIpc) is 2.44. The largest absolute Gasteiger partial charge is 0.385 e. The zero-order chi connectivity index (χ0) is 23.2. The Morgan fingerprint density at radius 2 is 0.750 bits per heavy atom. The average molecular weight is 500 g/mol. The summed E-state index contributed by atoms with van der Waals surface area (Å²) >= 11 is 0. The molecule has 6 atom stereocenters. The highest BCUT2D eigenvalue weighted by molar-refractivity contribution is 7.61. The molecule has 0 amide bonds. The van der Waals surface area contributed by atoms with Crippen LogP contribution in [0.15, 0.2) is 0 Å². The van der Waals surface area contributed by atoms with Crippen molar-refractivity contribution < 1.29 is 88.0 Å². The molecule has 2 unspecified atom stereocenters. The monoisotopic (exact) mass is 500 g/mol. The molecule has 0 aromatic heterocycles. The van der Waals surface area contributed by atoms with Crippen molar-refractivity contribution in [2.24, 2.45) is 0 Å². The first-order valence-electron chi connectivity index (χ1n) is 6.29. The Morgan fingerprint density at radius 3 is 0.893 bits per heavy atom. The molecule has 1 aliphatic rings. The quantitative estimate of drug-likeness (QED) is 0.160. The van der Waals surface area contributed by atoms with E-state index in [9.17, 15) is 78.3 Å². The number of hydrogen-bond acceptors (Lipinski definition) is 10. The van der Waals surface area contributed by atoms with E-state index in [0.29, 0.717) is 0 Å². The van der Waals surface area contributed by atoms with Gasteiger partial charge in [0.25, 0.3) is 5.34 Å². The fraction of sp³-hybridized carbons (Fsp3) is 1.00. The van der Waals surface area contributed by atoms with Crippen molar-refractivity contribution in [3.8, 4) is 0 Å². The van der Waals surface area contributed by atoms with Gasteiger partial charge >= 0.3 is 30.4 Å². The molecule has 28 heavy (non-hydrogen) atoms. The summed E-state index contributed by atoms with van der Waals surface area (Å²) in [5, 5.41) is 38.9. The van der Waals surface area contributed by atoms with Gasteiger partial charge < -0.3 is 69.8 Å². The maximum absolute atomic E-state index is 11.7. The molecule has 168 valence electrons. The Morgan fingerprint density at radius 1 is 0.500 bits per heavy atom. The van der Waals surface area contributed by atoms with Crippen LogP contribution in [-0.2, 0) is 18.3 Å². The Kier molecular flexibility index (Phi) is 6.06. The van der Waals surface area contributed by atoms with Crippen LogP contribution in [0.25, 0.3) is 0 Å². The number of aliphatic hydroxyl groups excluding tert-OH is 2. The SMILES string of the molecule is O=P(O)(O)C1(O)[C@@H](O)[C@](O)(P(=O)(O)O)C(O)(P(=O)(O)O)[C@](O)(P(=O)(O)O)[C@@H]1O. The molecule has 0 heterocycles. The van der Waals surface area contributed by atoms with Crippen molar-refractivity contribution >= 4 is 30.4 Å². The highest BCUT2D eigenvalue weighted by Gasteiger charge is 2.94. The minimum Gasteiger partial charge on any atom is -0.385 e. The minimum atomic E-state index is -7.09. The summed E-state index contributed by atoms with van der Waals surface area (Å²) in [5.41, 5.74) is 0. The molecule has 0 aromatic carbocycles. The standard InChI is InChI=1S/C6H16O18P4/c7-1-3(9,25(13,14)15)2(8)5(11,27(19,20)21)6(12,28(22,23)24)4(1,10)26(16,17)18/h1-2,7-12H,(H2,13,14,15)(H2,16,17,18)(H2,19,20,21)(H2,22,23,24)/t1-,2-,3?,4-,5+,6?/m1/s1. The second kappa shape index (κ2) is 6.43. The molecule has 0 aliphatic heterocycles. The van der Waals surface area contributed by atoms with Gasteiger partial charge in [-0.05, 0) is 0 Å². The smallest absolute Gasteiger partial charge is 0.364 e. The van der Waals surface area contributed by atoms with Crippen molar-refractivity contribution in [2.75, 3.05) is 0 Å². The van der Waals surface area contributed by atoms with Crippen LogP contribution >= 0.6 is 30.4 Å². The van der Waals surface area contributed by atoms with E-state index in [4.69, 9.17) is 9.79 Å². The lowest BCUT2D eigenvalue weighted by Gasteiger charge is -2.61. The van der Waals surface area contributed by atoms with Gasteiger partial charge in [0.2, 0.25) is 16.0 Å². The van der Waals surface area contributed by atoms with Crippen LogP contribution in [0.4, 0.5) is 0 Å². The van der Waals surface area contributed by atoms with E-state index in [-0.39, 0.29) is 0 Å². The molecule has 22 heteroatoms. The summed E-state index contributed by atoms with van der Waals surface area (Å²) < 4.78 is 46.6. The summed E-state index contributed by atoms with van der Waals surface area (Å²) in [6, 6.07) is 0. The first-order valence-corrected chi connectivity index (χ1v) is 12.7. The number of rotatable bonds is 4. The fourth-order valence-corrected chi connectivity index (χ4v) is 9.02. The predicted octanol–water partition coefficient (Wildman–Crippen LogP) is -5.81.